The third kappa shape index (κ3) is 5.01. The van der Waals surface area contributed by atoms with Crippen LogP contribution in [0.2, 0.25) is 0 Å². The lowest BCUT2D eigenvalue weighted by Crippen LogP contribution is -2.16. The molecule has 1 aromatic carbocycles. The number of ether oxygens (including phenoxy) is 2. The molecule has 0 aromatic heterocycles. The van der Waals surface area contributed by atoms with Gasteiger partial charge in [0, 0.05) is 6.54 Å². The molecule has 0 amide bonds. The van der Waals surface area contributed by atoms with Gasteiger partial charge in [-0.25, -0.2) is 4.79 Å². The number of carbonyl (C=O) groups is 1. The van der Waals surface area contributed by atoms with Crippen LogP contribution in [-0.2, 0) is 16.0 Å². The van der Waals surface area contributed by atoms with Gasteiger partial charge in [0.25, 0.3) is 0 Å². The average molecular weight is 249 g/mol. The summed E-state index contributed by atoms with van der Waals surface area (Å²) in [4.78, 5) is 11.2. The molecule has 1 aromatic rings. The lowest BCUT2D eigenvalue weighted by Gasteiger charge is -2.05. The minimum absolute atomic E-state index is 0.309. The van der Waals surface area contributed by atoms with E-state index in [-0.39, 0.29) is 5.97 Å². The molecule has 0 fully saturated rings. The largest absolute Gasteiger partial charge is 0.502 e. The summed E-state index contributed by atoms with van der Waals surface area (Å²) in [7, 11) is 1.38. The quantitative estimate of drug-likeness (QED) is 0.435. The number of esters is 1. The fourth-order valence-electron chi connectivity index (χ4n) is 1.47. The van der Waals surface area contributed by atoms with E-state index in [9.17, 15) is 4.79 Å². The van der Waals surface area contributed by atoms with E-state index in [1.165, 1.54) is 13.4 Å². The molecule has 0 bridgehead atoms. The van der Waals surface area contributed by atoms with Crippen LogP contribution in [0, 0.1) is 0 Å². The van der Waals surface area contributed by atoms with Crippen molar-refractivity contribution in [2.24, 2.45) is 0 Å². The van der Waals surface area contributed by atoms with Gasteiger partial charge < -0.3 is 14.8 Å². The van der Waals surface area contributed by atoms with Crippen LogP contribution in [0.5, 0.6) is 0 Å². The Hall–Kier alpha value is -1.81. The highest BCUT2D eigenvalue weighted by Crippen LogP contribution is 2.05. The molecule has 0 saturated heterocycles. The van der Waals surface area contributed by atoms with Gasteiger partial charge in [0.05, 0.1) is 25.5 Å². The highest BCUT2D eigenvalue weighted by Gasteiger charge is 2.03. The van der Waals surface area contributed by atoms with Gasteiger partial charge in [-0.1, -0.05) is 18.7 Å². The van der Waals surface area contributed by atoms with E-state index in [1.54, 1.807) is 12.1 Å². The van der Waals surface area contributed by atoms with E-state index >= 15 is 0 Å². The number of benzene rings is 1. The van der Waals surface area contributed by atoms with Crippen LogP contribution < -0.4 is 5.32 Å². The van der Waals surface area contributed by atoms with Gasteiger partial charge in [-0.2, -0.15) is 0 Å². The van der Waals surface area contributed by atoms with Crippen molar-refractivity contribution in [3.05, 3.63) is 48.2 Å². The van der Waals surface area contributed by atoms with Crippen LogP contribution in [0.3, 0.4) is 0 Å². The van der Waals surface area contributed by atoms with Crippen molar-refractivity contribution in [2.75, 3.05) is 20.3 Å². The Labute approximate surface area is 108 Å². The van der Waals surface area contributed by atoms with Gasteiger partial charge in [-0.15, -0.1) is 0 Å². The zero-order valence-electron chi connectivity index (χ0n) is 10.6. The van der Waals surface area contributed by atoms with E-state index < -0.39 is 0 Å². The van der Waals surface area contributed by atoms with Crippen molar-refractivity contribution >= 4 is 5.97 Å². The Balaban J connectivity index is 2.26. The summed E-state index contributed by atoms with van der Waals surface area (Å²) in [5.74, 6) is -0.309. The SMILES string of the molecule is C=COCCCNCc1ccc(C(=O)OC)cc1. The monoisotopic (exact) mass is 249 g/mol. The number of methoxy groups -OCH3 is 1. The first-order valence-electron chi connectivity index (χ1n) is 5.88. The number of hydrogen-bond donors (Lipinski definition) is 1. The molecule has 0 aliphatic carbocycles. The maximum absolute atomic E-state index is 11.2. The molecule has 18 heavy (non-hydrogen) atoms. The molecular formula is C14H19NO3. The molecule has 1 rings (SSSR count). The molecule has 0 aliphatic rings. The predicted octanol–water partition coefficient (Wildman–Crippen LogP) is 2.11. The molecule has 1 N–H and O–H groups in total. The first kappa shape index (κ1) is 14.3. The van der Waals surface area contributed by atoms with Crippen molar-refractivity contribution in [2.45, 2.75) is 13.0 Å². The minimum Gasteiger partial charge on any atom is -0.502 e. The maximum Gasteiger partial charge on any atom is 0.337 e. The van der Waals surface area contributed by atoms with Gasteiger partial charge in [0.1, 0.15) is 0 Å². The Kier molecular flexibility index (Phi) is 6.58. The second-order valence-electron chi connectivity index (χ2n) is 3.76. The predicted molar refractivity (Wildman–Crippen MR) is 70.3 cm³/mol. The van der Waals surface area contributed by atoms with E-state index in [0.29, 0.717) is 12.2 Å². The molecule has 4 nitrogen and oxygen atoms in total. The smallest absolute Gasteiger partial charge is 0.337 e. The standard InChI is InChI=1S/C14H19NO3/c1-3-18-10-4-9-15-11-12-5-7-13(8-6-12)14(16)17-2/h3,5-8,15H,1,4,9-11H2,2H3. The highest BCUT2D eigenvalue weighted by atomic mass is 16.5. The molecule has 0 atom stereocenters. The summed E-state index contributed by atoms with van der Waals surface area (Å²) < 4.78 is 9.65. The van der Waals surface area contributed by atoms with E-state index in [1.807, 2.05) is 12.1 Å². The fraction of sp³-hybridized carbons (Fsp3) is 0.357. The number of carbonyl (C=O) groups excluding carboxylic acids is 1. The Morgan fingerprint density at radius 1 is 1.39 bits per heavy atom. The van der Waals surface area contributed by atoms with Gasteiger partial charge in [-0.05, 0) is 30.7 Å². The molecule has 0 aliphatic heterocycles. The average Bonchev–Trinajstić information content (AvgIpc) is 2.42. The van der Waals surface area contributed by atoms with Crippen LogP contribution in [0.4, 0.5) is 0 Å². The summed E-state index contributed by atoms with van der Waals surface area (Å²) >= 11 is 0. The van der Waals surface area contributed by atoms with Crippen molar-refractivity contribution in [3.63, 3.8) is 0 Å². The van der Waals surface area contributed by atoms with Gasteiger partial charge in [0.2, 0.25) is 0 Å². The fourth-order valence-corrected chi connectivity index (χ4v) is 1.47. The normalized spacial score (nSPS) is 9.83. The lowest BCUT2D eigenvalue weighted by molar-refractivity contribution is 0.0600. The van der Waals surface area contributed by atoms with Crippen LogP contribution >= 0.6 is 0 Å². The Morgan fingerprint density at radius 2 is 2.11 bits per heavy atom. The van der Waals surface area contributed by atoms with E-state index in [4.69, 9.17) is 4.74 Å². The third-order valence-corrected chi connectivity index (χ3v) is 2.44. The van der Waals surface area contributed by atoms with Crippen molar-refractivity contribution < 1.29 is 14.3 Å². The molecular weight excluding hydrogens is 230 g/mol. The topological polar surface area (TPSA) is 47.6 Å². The first-order chi connectivity index (χ1) is 8.77. The maximum atomic E-state index is 11.2. The van der Waals surface area contributed by atoms with E-state index in [0.717, 1.165) is 25.1 Å². The Morgan fingerprint density at radius 3 is 2.72 bits per heavy atom. The zero-order valence-corrected chi connectivity index (χ0v) is 10.6. The van der Waals surface area contributed by atoms with Crippen molar-refractivity contribution in [1.29, 1.82) is 0 Å². The first-order valence-corrected chi connectivity index (χ1v) is 5.88. The van der Waals surface area contributed by atoms with E-state index in [2.05, 4.69) is 16.6 Å². The molecule has 0 radical (unpaired) electrons. The van der Waals surface area contributed by atoms with Crippen LogP contribution in [0.15, 0.2) is 37.1 Å². The highest BCUT2D eigenvalue weighted by molar-refractivity contribution is 5.89. The molecule has 0 saturated carbocycles. The third-order valence-electron chi connectivity index (χ3n) is 2.44. The Bertz CT molecular complexity index is 373. The van der Waals surface area contributed by atoms with Crippen LogP contribution in [0.1, 0.15) is 22.3 Å². The van der Waals surface area contributed by atoms with Gasteiger partial charge >= 0.3 is 5.97 Å². The molecule has 0 heterocycles. The summed E-state index contributed by atoms with van der Waals surface area (Å²) in [5.41, 5.74) is 1.70. The molecule has 98 valence electrons. The van der Waals surface area contributed by atoms with Crippen LogP contribution in [-0.4, -0.2) is 26.2 Å². The minimum atomic E-state index is -0.309. The molecule has 4 heteroatoms. The molecule has 0 spiro atoms. The zero-order chi connectivity index (χ0) is 13.2. The number of rotatable bonds is 8. The summed E-state index contributed by atoms with van der Waals surface area (Å²) in [6.45, 7) is 5.81. The van der Waals surface area contributed by atoms with Crippen LogP contribution in [0.25, 0.3) is 0 Å². The summed E-state index contributed by atoms with van der Waals surface area (Å²) in [5, 5.41) is 3.29. The van der Waals surface area contributed by atoms with Gasteiger partial charge in [-0.3, -0.25) is 0 Å². The number of nitrogens with one attached hydrogen (secondary N) is 1. The number of hydrogen-bond acceptors (Lipinski definition) is 4. The van der Waals surface area contributed by atoms with Crippen molar-refractivity contribution in [1.82, 2.24) is 5.32 Å². The van der Waals surface area contributed by atoms with Crippen molar-refractivity contribution in [3.8, 4) is 0 Å². The lowest BCUT2D eigenvalue weighted by atomic mass is 10.1. The summed E-state index contributed by atoms with van der Waals surface area (Å²) in [6, 6.07) is 7.37. The van der Waals surface area contributed by atoms with Gasteiger partial charge in [0.15, 0.2) is 0 Å². The summed E-state index contributed by atoms with van der Waals surface area (Å²) in [6.07, 6.45) is 2.39. The second kappa shape index (κ2) is 8.31. The molecule has 0 unspecified atom stereocenters. The second-order valence-corrected chi connectivity index (χ2v) is 3.76.